The van der Waals surface area contributed by atoms with Gasteiger partial charge in [-0.25, -0.2) is 9.78 Å². The minimum atomic E-state index is -2.26. The number of carbonyl (C=O) groups excluding carboxylic acids is 3. The average Bonchev–Trinajstić information content (AvgIpc) is 2.42. The molecular weight excluding hydrogens is 368 g/mol. The predicted molar refractivity (Wildman–Crippen MR) is 76.5 cm³/mol. The highest BCUT2D eigenvalue weighted by atomic mass is 35.6. The number of methoxy groups -OCH3 is 1. The molecule has 0 saturated carbocycles. The van der Waals surface area contributed by atoms with E-state index in [4.69, 9.17) is 46.4 Å². The van der Waals surface area contributed by atoms with Crippen LogP contribution in [0.15, 0.2) is 12.3 Å². The van der Waals surface area contributed by atoms with Gasteiger partial charge in [-0.05, 0) is 6.07 Å². The maximum atomic E-state index is 11.9. The van der Waals surface area contributed by atoms with Crippen molar-refractivity contribution in [3.05, 3.63) is 28.5 Å². The fraction of sp³-hybridized carbons (Fsp3) is 0.200. The van der Waals surface area contributed by atoms with Gasteiger partial charge in [-0.1, -0.05) is 46.4 Å². The van der Waals surface area contributed by atoms with E-state index in [0.717, 1.165) is 19.4 Å². The second-order valence-electron chi connectivity index (χ2n) is 3.45. The van der Waals surface area contributed by atoms with Crippen molar-refractivity contribution < 1.29 is 19.1 Å². The number of esters is 1. The Bertz CT molecular complexity index is 588. The summed E-state index contributed by atoms with van der Waals surface area (Å²) in [6.07, 6.45) is 1.06. The van der Waals surface area contributed by atoms with Gasteiger partial charge in [-0.15, -0.1) is 0 Å². The van der Waals surface area contributed by atoms with Crippen molar-refractivity contribution in [2.75, 3.05) is 7.11 Å². The van der Waals surface area contributed by atoms with Crippen LogP contribution in [0.5, 0.6) is 0 Å². The molecule has 0 aliphatic rings. The molecule has 1 rings (SSSR count). The average molecular weight is 375 g/mol. The summed E-state index contributed by atoms with van der Waals surface area (Å²) in [4.78, 5) is 38.4. The van der Waals surface area contributed by atoms with Crippen LogP contribution in [-0.4, -0.2) is 33.7 Å². The summed E-state index contributed by atoms with van der Waals surface area (Å²) < 4.78 is 2.24. The smallest absolute Gasteiger partial charge is 0.340 e. The van der Waals surface area contributed by atoms with Crippen molar-refractivity contribution in [1.82, 2.24) is 15.8 Å². The molecule has 0 saturated heterocycles. The Hall–Kier alpha value is -1.28. The van der Waals surface area contributed by atoms with Crippen LogP contribution in [0.25, 0.3) is 0 Å². The molecular formula is C10H7Cl4N3O4. The Labute approximate surface area is 138 Å². The van der Waals surface area contributed by atoms with E-state index < -0.39 is 21.6 Å². The van der Waals surface area contributed by atoms with Crippen LogP contribution < -0.4 is 10.9 Å². The van der Waals surface area contributed by atoms with Gasteiger partial charge in [0.25, 0.3) is 15.6 Å². The van der Waals surface area contributed by atoms with Crippen LogP contribution in [0.2, 0.25) is 5.15 Å². The first kappa shape index (κ1) is 17.8. The number of nitrogens with one attached hydrogen (secondary N) is 2. The third-order valence-electron chi connectivity index (χ3n) is 2.07. The van der Waals surface area contributed by atoms with E-state index in [9.17, 15) is 14.4 Å². The second kappa shape index (κ2) is 7.13. The number of halogens is 4. The minimum Gasteiger partial charge on any atom is -0.465 e. The summed E-state index contributed by atoms with van der Waals surface area (Å²) in [5.41, 5.74) is 3.52. The number of hydrogen-bond acceptors (Lipinski definition) is 5. The van der Waals surface area contributed by atoms with E-state index >= 15 is 0 Å². The van der Waals surface area contributed by atoms with E-state index in [2.05, 4.69) is 9.72 Å². The van der Waals surface area contributed by atoms with Crippen LogP contribution in [0.4, 0.5) is 0 Å². The number of nitrogens with zero attached hydrogens (tertiary/aromatic N) is 1. The minimum absolute atomic E-state index is 0.0412. The molecule has 0 bridgehead atoms. The quantitative estimate of drug-likeness (QED) is 0.355. The number of ether oxygens (including phenoxy) is 1. The number of pyridine rings is 1. The Morgan fingerprint density at radius 2 is 1.81 bits per heavy atom. The molecule has 0 aliphatic carbocycles. The molecule has 0 unspecified atom stereocenters. The van der Waals surface area contributed by atoms with Crippen molar-refractivity contribution in [2.45, 2.75) is 3.79 Å². The van der Waals surface area contributed by atoms with Gasteiger partial charge in [0.05, 0.1) is 18.2 Å². The Balaban J connectivity index is 2.94. The van der Waals surface area contributed by atoms with Crippen LogP contribution in [0, 0.1) is 0 Å². The topological polar surface area (TPSA) is 97.4 Å². The van der Waals surface area contributed by atoms with Crippen LogP contribution >= 0.6 is 46.4 Å². The Kier molecular flexibility index (Phi) is 6.03. The Morgan fingerprint density at radius 3 is 2.33 bits per heavy atom. The Morgan fingerprint density at radius 1 is 1.19 bits per heavy atom. The van der Waals surface area contributed by atoms with Gasteiger partial charge in [0.15, 0.2) is 0 Å². The first-order chi connectivity index (χ1) is 9.66. The molecule has 2 amide bonds. The molecule has 0 spiro atoms. The molecule has 0 aliphatic heterocycles. The highest BCUT2D eigenvalue weighted by molar-refractivity contribution is 6.76. The van der Waals surface area contributed by atoms with Gasteiger partial charge in [0, 0.05) is 6.20 Å². The molecule has 0 fully saturated rings. The lowest BCUT2D eigenvalue weighted by atomic mass is 10.1. The van der Waals surface area contributed by atoms with Crippen LogP contribution in [-0.2, 0) is 9.53 Å². The molecule has 0 radical (unpaired) electrons. The van der Waals surface area contributed by atoms with E-state index in [1.165, 1.54) is 0 Å². The lowest BCUT2D eigenvalue weighted by molar-refractivity contribution is -0.120. The summed E-state index contributed by atoms with van der Waals surface area (Å²) in [7, 11) is 1.13. The van der Waals surface area contributed by atoms with Gasteiger partial charge >= 0.3 is 5.97 Å². The number of rotatable bonds is 2. The van der Waals surface area contributed by atoms with Crippen molar-refractivity contribution in [3.8, 4) is 0 Å². The third kappa shape index (κ3) is 4.89. The molecule has 7 nitrogen and oxygen atoms in total. The normalized spacial score (nSPS) is 10.7. The standard InChI is InChI=1S/C10H7Cl4N3O4/c1-21-8(19)5-3-15-6(11)2-4(5)7(18)16-17-9(20)10(12,13)14/h2-3H,1H3,(H,16,18)(H,17,20). The second-order valence-corrected chi connectivity index (χ2v) is 6.12. The number of alkyl halides is 3. The molecule has 11 heteroatoms. The lowest BCUT2D eigenvalue weighted by Crippen LogP contribution is -2.47. The summed E-state index contributed by atoms with van der Waals surface area (Å²) in [6.45, 7) is 0. The maximum Gasteiger partial charge on any atom is 0.340 e. The van der Waals surface area contributed by atoms with Crippen LogP contribution in [0.3, 0.4) is 0 Å². The van der Waals surface area contributed by atoms with Crippen molar-refractivity contribution in [2.24, 2.45) is 0 Å². The predicted octanol–water partition coefficient (Wildman–Crippen LogP) is 1.65. The number of hydrazine groups is 1. The number of carbonyl (C=O) groups is 3. The summed E-state index contributed by atoms with van der Waals surface area (Å²) in [5.74, 6) is -2.76. The molecule has 114 valence electrons. The van der Waals surface area contributed by atoms with Gasteiger partial charge in [0.1, 0.15) is 5.15 Å². The molecule has 0 atom stereocenters. The molecule has 1 heterocycles. The number of amides is 2. The molecule has 2 N–H and O–H groups in total. The van der Waals surface area contributed by atoms with Gasteiger partial charge in [0.2, 0.25) is 0 Å². The number of aromatic nitrogens is 1. The zero-order chi connectivity index (χ0) is 16.2. The van der Waals surface area contributed by atoms with Gasteiger partial charge < -0.3 is 4.74 Å². The fourth-order valence-corrected chi connectivity index (χ4v) is 1.44. The van der Waals surface area contributed by atoms with E-state index in [1.54, 1.807) is 0 Å². The van der Waals surface area contributed by atoms with E-state index in [1.807, 2.05) is 10.9 Å². The zero-order valence-corrected chi connectivity index (χ0v) is 13.3. The molecule has 1 aromatic rings. The lowest BCUT2D eigenvalue weighted by Gasteiger charge is -2.13. The van der Waals surface area contributed by atoms with Crippen molar-refractivity contribution in [3.63, 3.8) is 0 Å². The van der Waals surface area contributed by atoms with E-state index in [-0.39, 0.29) is 16.3 Å². The summed E-state index contributed by atoms with van der Waals surface area (Å²) in [6, 6.07) is 1.12. The summed E-state index contributed by atoms with van der Waals surface area (Å²) in [5, 5.41) is -0.0412. The first-order valence-corrected chi connectivity index (χ1v) is 6.59. The SMILES string of the molecule is COC(=O)c1cnc(Cl)cc1C(=O)NNC(=O)C(Cl)(Cl)Cl. The third-order valence-corrected chi connectivity index (χ3v) is 2.79. The van der Waals surface area contributed by atoms with Crippen molar-refractivity contribution >= 4 is 64.2 Å². The van der Waals surface area contributed by atoms with Gasteiger partial charge in [-0.3, -0.25) is 20.4 Å². The highest BCUT2D eigenvalue weighted by Gasteiger charge is 2.31. The van der Waals surface area contributed by atoms with Crippen molar-refractivity contribution in [1.29, 1.82) is 0 Å². The largest absolute Gasteiger partial charge is 0.465 e. The zero-order valence-electron chi connectivity index (χ0n) is 10.2. The highest BCUT2D eigenvalue weighted by Crippen LogP contribution is 2.25. The first-order valence-electron chi connectivity index (χ1n) is 5.08. The van der Waals surface area contributed by atoms with Crippen LogP contribution in [0.1, 0.15) is 20.7 Å². The molecule has 0 aromatic carbocycles. The molecule has 1 aromatic heterocycles. The maximum absolute atomic E-state index is 11.9. The number of hydrogen-bond donors (Lipinski definition) is 2. The summed E-state index contributed by atoms with van der Waals surface area (Å²) >= 11 is 21.6. The monoisotopic (exact) mass is 373 g/mol. The molecule has 21 heavy (non-hydrogen) atoms. The van der Waals surface area contributed by atoms with E-state index in [0.29, 0.717) is 0 Å². The fourth-order valence-electron chi connectivity index (χ4n) is 1.14. The van der Waals surface area contributed by atoms with Gasteiger partial charge in [-0.2, -0.15) is 0 Å².